The molecule has 1 saturated heterocycles. The molecule has 2 N–H and O–H groups in total. The van der Waals surface area contributed by atoms with Crippen LogP contribution in [-0.4, -0.2) is 28.0 Å². The van der Waals surface area contributed by atoms with E-state index in [9.17, 15) is 4.79 Å². The number of carbonyl (C=O) groups is 1. The summed E-state index contributed by atoms with van der Waals surface area (Å²) in [5.74, 6) is 1.18. The van der Waals surface area contributed by atoms with Crippen LogP contribution in [0.3, 0.4) is 0 Å². The van der Waals surface area contributed by atoms with Gasteiger partial charge in [0.15, 0.2) is 0 Å². The first-order valence-corrected chi connectivity index (χ1v) is 5.67. The molecule has 2 rings (SSSR count). The number of aryl methyl sites for hydroxylation is 1. The van der Waals surface area contributed by atoms with Crippen molar-refractivity contribution in [2.45, 2.75) is 31.8 Å². The molecule has 1 aromatic rings. The zero-order valence-corrected chi connectivity index (χ0v) is 9.73. The van der Waals surface area contributed by atoms with Crippen LogP contribution in [0.2, 0.25) is 0 Å². The number of hydrogen-bond donors (Lipinski definition) is 2. The predicted octanol–water partition coefficient (Wildman–Crippen LogP) is 0.349. The minimum absolute atomic E-state index is 0.163. The molecule has 2 atom stereocenters. The Morgan fingerprint density at radius 1 is 1.75 bits per heavy atom. The summed E-state index contributed by atoms with van der Waals surface area (Å²) in [6.45, 7) is 2.89. The van der Waals surface area contributed by atoms with Gasteiger partial charge in [-0.2, -0.15) is 0 Å². The normalized spacial score (nSPS) is 22.1. The topological polar surface area (TPSA) is 59.0 Å². The highest BCUT2D eigenvalue weighted by atomic mass is 16.1. The maximum absolute atomic E-state index is 11.0. The molecule has 16 heavy (non-hydrogen) atoms. The molecule has 2 unspecified atom stereocenters. The molecular formula is C11H18N4O. The first-order valence-electron chi connectivity index (χ1n) is 5.67. The minimum atomic E-state index is 0.163. The molecular weight excluding hydrogens is 204 g/mol. The number of aromatic nitrogens is 2. The van der Waals surface area contributed by atoms with Gasteiger partial charge < -0.3 is 15.2 Å². The third-order valence-corrected chi connectivity index (χ3v) is 3.00. The summed E-state index contributed by atoms with van der Waals surface area (Å²) in [4.78, 5) is 15.3. The van der Waals surface area contributed by atoms with Crippen LogP contribution in [0, 0.1) is 0 Å². The molecule has 1 aliphatic rings. The smallest absolute Gasteiger partial charge is 0.220 e. The van der Waals surface area contributed by atoms with E-state index in [1.165, 1.54) is 0 Å². The van der Waals surface area contributed by atoms with E-state index in [1.54, 1.807) is 6.20 Å². The van der Waals surface area contributed by atoms with Crippen LogP contribution in [-0.2, 0) is 11.8 Å². The minimum Gasteiger partial charge on any atom is -0.352 e. The van der Waals surface area contributed by atoms with Crippen LogP contribution in [0.4, 0.5) is 0 Å². The van der Waals surface area contributed by atoms with Crippen LogP contribution in [0.5, 0.6) is 0 Å². The average Bonchev–Trinajstić information content (AvgIpc) is 2.84. The molecule has 1 amide bonds. The van der Waals surface area contributed by atoms with E-state index in [2.05, 4.69) is 22.5 Å². The number of rotatable bonds is 4. The van der Waals surface area contributed by atoms with Gasteiger partial charge in [-0.25, -0.2) is 4.98 Å². The van der Waals surface area contributed by atoms with Gasteiger partial charge in [0.1, 0.15) is 5.82 Å². The fraction of sp³-hybridized carbons (Fsp3) is 0.636. The van der Waals surface area contributed by atoms with E-state index in [-0.39, 0.29) is 18.0 Å². The summed E-state index contributed by atoms with van der Waals surface area (Å²) < 4.78 is 2.00. The standard InChI is InChI=1S/C11H18N4O/c1-8(11-12-5-6-15(11)2)13-7-9-3-4-10(16)14-9/h5-6,8-9,13H,3-4,7H2,1-2H3,(H,14,16). The van der Waals surface area contributed by atoms with Gasteiger partial charge in [0.25, 0.3) is 0 Å². The summed E-state index contributed by atoms with van der Waals surface area (Å²) in [6, 6.07) is 0.479. The molecule has 1 aliphatic heterocycles. The molecule has 0 aliphatic carbocycles. The highest BCUT2D eigenvalue weighted by molar-refractivity contribution is 5.78. The summed E-state index contributed by atoms with van der Waals surface area (Å²) in [6.07, 6.45) is 5.32. The third kappa shape index (κ3) is 2.41. The number of hydrogen-bond acceptors (Lipinski definition) is 3. The van der Waals surface area contributed by atoms with E-state index in [4.69, 9.17) is 0 Å². The van der Waals surface area contributed by atoms with E-state index >= 15 is 0 Å². The van der Waals surface area contributed by atoms with Crippen molar-refractivity contribution < 1.29 is 4.79 Å². The largest absolute Gasteiger partial charge is 0.352 e. The van der Waals surface area contributed by atoms with Crippen molar-refractivity contribution in [1.29, 1.82) is 0 Å². The van der Waals surface area contributed by atoms with Gasteiger partial charge >= 0.3 is 0 Å². The summed E-state index contributed by atoms with van der Waals surface area (Å²) in [5.41, 5.74) is 0. The Morgan fingerprint density at radius 3 is 3.12 bits per heavy atom. The van der Waals surface area contributed by atoms with Crippen molar-refractivity contribution in [1.82, 2.24) is 20.2 Å². The zero-order valence-electron chi connectivity index (χ0n) is 9.73. The van der Waals surface area contributed by atoms with Gasteiger partial charge in [0, 0.05) is 38.4 Å². The van der Waals surface area contributed by atoms with Crippen molar-refractivity contribution in [3.8, 4) is 0 Å². The fourth-order valence-electron chi connectivity index (χ4n) is 2.04. The molecule has 1 aromatic heterocycles. The lowest BCUT2D eigenvalue weighted by atomic mass is 10.2. The molecule has 0 radical (unpaired) electrons. The van der Waals surface area contributed by atoms with Gasteiger partial charge in [-0.05, 0) is 13.3 Å². The summed E-state index contributed by atoms with van der Waals surface area (Å²) in [5, 5.41) is 6.33. The van der Waals surface area contributed by atoms with E-state index in [0.29, 0.717) is 6.42 Å². The Labute approximate surface area is 95.2 Å². The quantitative estimate of drug-likeness (QED) is 0.773. The lowest BCUT2D eigenvalue weighted by molar-refractivity contribution is -0.119. The number of imidazole rings is 1. The molecule has 0 bridgehead atoms. The number of amides is 1. The summed E-state index contributed by atoms with van der Waals surface area (Å²) in [7, 11) is 1.98. The lowest BCUT2D eigenvalue weighted by Crippen LogP contribution is -2.37. The number of nitrogens with one attached hydrogen (secondary N) is 2. The second kappa shape index (κ2) is 4.65. The van der Waals surface area contributed by atoms with Gasteiger partial charge in [0.2, 0.25) is 5.91 Å². The van der Waals surface area contributed by atoms with Crippen molar-refractivity contribution in [3.63, 3.8) is 0 Å². The van der Waals surface area contributed by atoms with E-state index < -0.39 is 0 Å². The molecule has 0 aromatic carbocycles. The van der Waals surface area contributed by atoms with Crippen LogP contribution in [0.1, 0.15) is 31.6 Å². The Bertz CT molecular complexity index is 374. The van der Waals surface area contributed by atoms with Crippen LogP contribution < -0.4 is 10.6 Å². The van der Waals surface area contributed by atoms with Gasteiger partial charge in [-0.15, -0.1) is 0 Å². The predicted molar refractivity (Wildman–Crippen MR) is 60.8 cm³/mol. The van der Waals surface area contributed by atoms with Crippen LogP contribution in [0.15, 0.2) is 12.4 Å². The second-order valence-corrected chi connectivity index (χ2v) is 4.33. The molecule has 5 nitrogen and oxygen atoms in total. The van der Waals surface area contributed by atoms with Crippen LogP contribution >= 0.6 is 0 Å². The molecule has 0 spiro atoms. The highest BCUT2D eigenvalue weighted by Gasteiger charge is 2.21. The Hall–Kier alpha value is -1.36. The van der Waals surface area contributed by atoms with Gasteiger partial charge in [0.05, 0.1) is 6.04 Å². The number of carbonyl (C=O) groups excluding carboxylic acids is 1. The van der Waals surface area contributed by atoms with E-state index in [1.807, 2.05) is 17.8 Å². The molecule has 88 valence electrons. The van der Waals surface area contributed by atoms with Crippen molar-refractivity contribution >= 4 is 5.91 Å². The monoisotopic (exact) mass is 222 g/mol. The molecule has 5 heteroatoms. The highest BCUT2D eigenvalue weighted by Crippen LogP contribution is 2.10. The molecule has 2 heterocycles. The van der Waals surface area contributed by atoms with E-state index in [0.717, 1.165) is 18.8 Å². The molecule has 0 saturated carbocycles. The third-order valence-electron chi connectivity index (χ3n) is 3.00. The van der Waals surface area contributed by atoms with Crippen molar-refractivity contribution in [2.75, 3.05) is 6.54 Å². The first-order chi connectivity index (χ1) is 7.66. The Kier molecular flexibility index (Phi) is 3.24. The Morgan fingerprint density at radius 2 is 2.56 bits per heavy atom. The van der Waals surface area contributed by atoms with Crippen molar-refractivity contribution in [2.24, 2.45) is 7.05 Å². The SMILES string of the molecule is CC(NCC1CCC(=O)N1)c1nccn1C. The van der Waals surface area contributed by atoms with Crippen LogP contribution in [0.25, 0.3) is 0 Å². The zero-order chi connectivity index (χ0) is 11.5. The first kappa shape index (κ1) is 11.1. The second-order valence-electron chi connectivity index (χ2n) is 4.33. The Balaban J connectivity index is 1.82. The summed E-state index contributed by atoms with van der Waals surface area (Å²) >= 11 is 0. The maximum atomic E-state index is 11.0. The maximum Gasteiger partial charge on any atom is 0.220 e. The van der Waals surface area contributed by atoms with Gasteiger partial charge in [-0.3, -0.25) is 4.79 Å². The van der Waals surface area contributed by atoms with Crippen molar-refractivity contribution in [3.05, 3.63) is 18.2 Å². The number of nitrogens with zero attached hydrogens (tertiary/aromatic N) is 2. The lowest BCUT2D eigenvalue weighted by Gasteiger charge is -2.17. The van der Waals surface area contributed by atoms with Gasteiger partial charge in [-0.1, -0.05) is 0 Å². The molecule has 1 fully saturated rings. The fourth-order valence-corrected chi connectivity index (χ4v) is 2.04. The average molecular weight is 222 g/mol.